The summed E-state index contributed by atoms with van der Waals surface area (Å²) in [5.74, 6) is -1.27. The Bertz CT molecular complexity index is 1170. The lowest BCUT2D eigenvalue weighted by Gasteiger charge is -2.16. The minimum absolute atomic E-state index is 0.251. The summed E-state index contributed by atoms with van der Waals surface area (Å²) in [7, 11) is -8.42. The number of amides is 1. The number of sulfonamides is 2. The van der Waals surface area contributed by atoms with Gasteiger partial charge in [0.05, 0.1) is 15.4 Å². The molecule has 0 spiro atoms. The third-order valence-corrected chi connectivity index (χ3v) is 7.72. The fourth-order valence-electron chi connectivity index (χ4n) is 2.96. The molecule has 12 heteroatoms. The van der Waals surface area contributed by atoms with Crippen molar-refractivity contribution in [2.24, 2.45) is 0 Å². The Kier molecular flexibility index (Phi) is 5.94. The van der Waals surface area contributed by atoms with Crippen molar-refractivity contribution in [3.63, 3.8) is 0 Å². The second-order valence-electron chi connectivity index (χ2n) is 6.60. The van der Waals surface area contributed by atoms with Gasteiger partial charge < -0.3 is 0 Å². The van der Waals surface area contributed by atoms with Crippen molar-refractivity contribution < 1.29 is 34.8 Å². The van der Waals surface area contributed by atoms with Crippen LogP contribution in [0.5, 0.6) is 0 Å². The molecule has 1 aliphatic heterocycles. The van der Waals surface area contributed by atoms with Gasteiger partial charge in [0.25, 0.3) is 15.9 Å². The summed E-state index contributed by atoms with van der Waals surface area (Å²) >= 11 is 0. The Morgan fingerprint density at radius 2 is 1.50 bits per heavy atom. The molecule has 2 aromatic carbocycles. The highest BCUT2D eigenvalue weighted by molar-refractivity contribution is 7.90. The summed E-state index contributed by atoms with van der Waals surface area (Å²) in [6.45, 7) is 0.650. The molecule has 0 saturated carbocycles. The van der Waals surface area contributed by atoms with E-state index in [1.165, 1.54) is 16.4 Å². The van der Waals surface area contributed by atoms with Crippen molar-refractivity contribution in [3.8, 4) is 0 Å². The van der Waals surface area contributed by atoms with Crippen LogP contribution >= 0.6 is 0 Å². The second-order valence-corrected chi connectivity index (χ2v) is 10.2. The topological polar surface area (TPSA) is 101 Å². The van der Waals surface area contributed by atoms with Gasteiger partial charge in [-0.3, -0.25) is 4.79 Å². The molecule has 0 atom stereocenters. The maximum Gasteiger partial charge on any atom is 0.416 e. The monoisotopic (exact) mass is 462 g/mol. The van der Waals surface area contributed by atoms with Crippen LogP contribution in [0.4, 0.5) is 13.2 Å². The number of carbonyl (C=O) groups excluding carboxylic acids is 1. The summed E-state index contributed by atoms with van der Waals surface area (Å²) in [5, 5.41) is 0. The van der Waals surface area contributed by atoms with Gasteiger partial charge in [-0.25, -0.2) is 21.6 Å². The van der Waals surface area contributed by atoms with Gasteiger partial charge in [0.15, 0.2) is 0 Å². The molecule has 0 aliphatic carbocycles. The standard InChI is InChI=1S/C18H17F3N2O5S2/c19-18(20,21)14-6-3-5-13(11-14)17(24)22-29(25,26)15-7-4-8-16(12-15)30(27,28)23-9-1-2-10-23/h3-8,11-12H,1-2,9-10H2,(H,22,24). The highest BCUT2D eigenvalue weighted by atomic mass is 32.2. The number of carbonyl (C=O) groups is 1. The number of halogens is 3. The first kappa shape index (κ1) is 22.2. The summed E-state index contributed by atoms with van der Waals surface area (Å²) in [4.78, 5) is 11.5. The van der Waals surface area contributed by atoms with Crippen LogP contribution in [0.15, 0.2) is 58.3 Å². The fraction of sp³-hybridized carbons (Fsp3) is 0.278. The van der Waals surface area contributed by atoms with E-state index in [9.17, 15) is 34.8 Å². The molecule has 1 heterocycles. The molecular weight excluding hydrogens is 445 g/mol. The van der Waals surface area contributed by atoms with Crippen molar-refractivity contribution in [1.82, 2.24) is 9.03 Å². The summed E-state index contributed by atoms with van der Waals surface area (Å²) < 4.78 is 91.7. The molecule has 30 heavy (non-hydrogen) atoms. The number of alkyl halides is 3. The van der Waals surface area contributed by atoms with Crippen LogP contribution in [0, 0.1) is 0 Å². The normalized spacial score (nSPS) is 15.8. The van der Waals surface area contributed by atoms with Crippen LogP contribution < -0.4 is 4.72 Å². The first-order chi connectivity index (χ1) is 13.9. The molecule has 162 valence electrons. The van der Waals surface area contributed by atoms with Crippen LogP contribution in [-0.2, 0) is 26.2 Å². The first-order valence-electron chi connectivity index (χ1n) is 8.76. The molecule has 1 N–H and O–H groups in total. The third-order valence-electron chi connectivity index (χ3n) is 4.50. The summed E-state index contributed by atoms with van der Waals surface area (Å²) in [6.07, 6.45) is -3.30. The van der Waals surface area contributed by atoms with Crippen molar-refractivity contribution >= 4 is 26.0 Å². The van der Waals surface area contributed by atoms with E-state index in [1.807, 2.05) is 0 Å². The van der Waals surface area contributed by atoms with Gasteiger partial charge in [-0.2, -0.15) is 17.5 Å². The lowest BCUT2D eigenvalue weighted by molar-refractivity contribution is -0.137. The van der Waals surface area contributed by atoms with Crippen LogP contribution in [0.1, 0.15) is 28.8 Å². The molecule has 1 amide bonds. The first-order valence-corrected chi connectivity index (χ1v) is 11.7. The van der Waals surface area contributed by atoms with Gasteiger partial charge in [0.2, 0.25) is 10.0 Å². The Morgan fingerprint density at radius 1 is 0.900 bits per heavy atom. The maximum atomic E-state index is 12.8. The molecule has 7 nitrogen and oxygen atoms in total. The van der Waals surface area contributed by atoms with E-state index >= 15 is 0 Å². The van der Waals surface area contributed by atoms with Crippen LogP contribution in [0.2, 0.25) is 0 Å². The van der Waals surface area contributed by atoms with Crippen LogP contribution in [-0.4, -0.2) is 40.1 Å². The maximum absolute atomic E-state index is 12.8. The summed E-state index contributed by atoms with van der Waals surface area (Å²) in [5.41, 5.74) is -1.61. The Hall–Kier alpha value is -2.44. The highest BCUT2D eigenvalue weighted by Gasteiger charge is 2.32. The Balaban J connectivity index is 1.87. The van der Waals surface area contributed by atoms with E-state index in [4.69, 9.17) is 0 Å². The Morgan fingerprint density at radius 3 is 2.13 bits per heavy atom. The second kappa shape index (κ2) is 8.00. The predicted octanol–water partition coefficient (Wildman–Crippen LogP) is 2.61. The van der Waals surface area contributed by atoms with E-state index in [2.05, 4.69) is 0 Å². The minimum atomic E-state index is -4.70. The zero-order chi connectivity index (χ0) is 22.2. The van der Waals surface area contributed by atoms with E-state index in [0.717, 1.165) is 30.3 Å². The van der Waals surface area contributed by atoms with Gasteiger partial charge in [0, 0.05) is 18.7 Å². The molecule has 2 aromatic rings. The predicted molar refractivity (Wildman–Crippen MR) is 101 cm³/mol. The lowest BCUT2D eigenvalue weighted by atomic mass is 10.1. The largest absolute Gasteiger partial charge is 0.416 e. The lowest BCUT2D eigenvalue weighted by Crippen LogP contribution is -2.31. The Labute approximate surface area is 171 Å². The fourth-order valence-corrected chi connectivity index (χ4v) is 5.61. The molecule has 1 saturated heterocycles. The smallest absolute Gasteiger partial charge is 0.268 e. The molecule has 0 unspecified atom stereocenters. The van der Waals surface area contributed by atoms with Gasteiger partial charge >= 0.3 is 6.18 Å². The highest BCUT2D eigenvalue weighted by Crippen LogP contribution is 2.29. The van der Waals surface area contributed by atoms with Gasteiger partial charge in [-0.05, 0) is 49.2 Å². The molecule has 0 radical (unpaired) electrons. The van der Waals surface area contributed by atoms with Crippen LogP contribution in [0.3, 0.4) is 0 Å². The van der Waals surface area contributed by atoms with Crippen molar-refractivity contribution in [2.75, 3.05) is 13.1 Å². The number of nitrogens with one attached hydrogen (secondary N) is 1. The van der Waals surface area contributed by atoms with E-state index in [0.29, 0.717) is 32.0 Å². The molecular formula is C18H17F3N2O5S2. The van der Waals surface area contributed by atoms with Gasteiger partial charge in [0.1, 0.15) is 0 Å². The number of hydrogen-bond donors (Lipinski definition) is 1. The number of nitrogens with zero attached hydrogens (tertiary/aromatic N) is 1. The molecule has 3 rings (SSSR count). The number of rotatable bonds is 5. The van der Waals surface area contributed by atoms with E-state index < -0.39 is 48.2 Å². The molecule has 0 aromatic heterocycles. The summed E-state index contributed by atoms with van der Waals surface area (Å²) in [6, 6.07) is 7.74. The SMILES string of the molecule is O=C(NS(=O)(=O)c1cccc(S(=O)(=O)N2CCCC2)c1)c1cccc(C(F)(F)F)c1. The van der Waals surface area contributed by atoms with E-state index in [-0.39, 0.29) is 4.90 Å². The van der Waals surface area contributed by atoms with Crippen molar-refractivity contribution in [2.45, 2.75) is 28.8 Å². The third kappa shape index (κ3) is 4.65. The average molecular weight is 462 g/mol. The van der Waals surface area contributed by atoms with Gasteiger partial charge in [-0.1, -0.05) is 12.1 Å². The number of benzene rings is 2. The number of hydrogen-bond acceptors (Lipinski definition) is 5. The van der Waals surface area contributed by atoms with Crippen LogP contribution in [0.25, 0.3) is 0 Å². The minimum Gasteiger partial charge on any atom is -0.268 e. The zero-order valence-electron chi connectivity index (χ0n) is 15.4. The van der Waals surface area contributed by atoms with Crippen molar-refractivity contribution in [3.05, 3.63) is 59.7 Å². The van der Waals surface area contributed by atoms with E-state index in [1.54, 1.807) is 4.72 Å². The molecule has 1 fully saturated rings. The van der Waals surface area contributed by atoms with Crippen molar-refractivity contribution in [1.29, 1.82) is 0 Å². The van der Waals surface area contributed by atoms with Gasteiger partial charge in [-0.15, -0.1) is 0 Å². The average Bonchev–Trinajstić information content (AvgIpc) is 3.23. The molecule has 0 bridgehead atoms. The zero-order valence-corrected chi connectivity index (χ0v) is 17.0. The quantitative estimate of drug-likeness (QED) is 0.736. The molecule has 1 aliphatic rings.